The quantitative estimate of drug-likeness (QED) is 0.729. The Hall–Kier alpha value is -2.39. The van der Waals surface area contributed by atoms with Crippen LogP contribution in [0.25, 0.3) is 16.2 Å². The van der Waals surface area contributed by atoms with E-state index in [0.29, 0.717) is 18.0 Å². The van der Waals surface area contributed by atoms with Crippen molar-refractivity contribution in [3.05, 3.63) is 35.0 Å². The van der Waals surface area contributed by atoms with E-state index >= 15 is 0 Å². The average molecular weight is 326 g/mol. The van der Waals surface area contributed by atoms with Crippen molar-refractivity contribution < 1.29 is 4.74 Å². The van der Waals surface area contributed by atoms with E-state index < -0.39 is 0 Å². The van der Waals surface area contributed by atoms with Crippen molar-refractivity contribution in [1.29, 1.82) is 5.26 Å². The van der Waals surface area contributed by atoms with Gasteiger partial charge in [-0.1, -0.05) is 44.2 Å². The third-order valence-corrected chi connectivity index (χ3v) is 4.73. The van der Waals surface area contributed by atoms with Gasteiger partial charge in [-0.25, -0.2) is 4.98 Å². The van der Waals surface area contributed by atoms with Crippen LogP contribution in [-0.4, -0.2) is 21.2 Å². The molecule has 0 N–H and O–H groups in total. The normalized spacial score (nSPS) is 11.6. The minimum absolute atomic E-state index is 0.0680. The lowest BCUT2D eigenvalue weighted by Gasteiger charge is -2.12. The van der Waals surface area contributed by atoms with Gasteiger partial charge in [0.25, 0.3) is 0 Å². The standard InChI is InChI=1S/C17H18N4OS/c1-5-22-13-9-7-6-8-11(13)14-12(10-18)21-16(19-14)23-15(20-21)17(2,3)4/h6-9H,5H2,1-4H3. The summed E-state index contributed by atoms with van der Waals surface area (Å²) < 4.78 is 7.31. The van der Waals surface area contributed by atoms with E-state index in [1.807, 2.05) is 31.2 Å². The Labute approximate surface area is 139 Å². The van der Waals surface area contributed by atoms with Gasteiger partial charge in [-0.2, -0.15) is 14.9 Å². The first kappa shape index (κ1) is 15.5. The number of hydrogen-bond donors (Lipinski definition) is 0. The molecule has 0 spiro atoms. The topological polar surface area (TPSA) is 63.2 Å². The lowest BCUT2D eigenvalue weighted by molar-refractivity contribution is 0.341. The van der Waals surface area contributed by atoms with E-state index in [-0.39, 0.29) is 5.41 Å². The van der Waals surface area contributed by atoms with Gasteiger partial charge in [0.1, 0.15) is 22.5 Å². The minimum atomic E-state index is -0.0680. The maximum atomic E-state index is 9.61. The molecule has 0 aliphatic rings. The highest BCUT2D eigenvalue weighted by molar-refractivity contribution is 7.16. The van der Waals surface area contributed by atoms with Crippen LogP contribution in [0.3, 0.4) is 0 Å². The Morgan fingerprint density at radius 3 is 2.70 bits per heavy atom. The maximum Gasteiger partial charge on any atom is 0.214 e. The zero-order valence-electron chi connectivity index (χ0n) is 13.6. The van der Waals surface area contributed by atoms with Gasteiger partial charge >= 0.3 is 0 Å². The molecule has 3 rings (SSSR count). The maximum absolute atomic E-state index is 9.61. The van der Waals surface area contributed by atoms with Crippen molar-refractivity contribution in [2.24, 2.45) is 0 Å². The van der Waals surface area contributed by atoms with E-state index in [2.05, 4.69) is 36.9 Å². The van der Waals surface area contributed by atoms with Crippen LogP contribution in [0.1, 0.15) is 38.4 Å². The summed E-state index contributed by atoms with van der Waals surface area (Å²) in [7, 11) is 0. The molecule has 0 atom stereocenters. The molecule has 118 valence electrons. The summed E-state index contributed by atoms with van der Waals surface area (Å²) in [6, 6.07) is 9.88. The highest BCUT2D eigenvalue weighted by Gasteiger charge is 2.24. The van der Waals surface area contributed by atoms with Crippen molar-refractivity contribution in [2.75, 3.05) is 6.61 Å². The summed E-state index contributed by atoms with van der Waals surface area (Å²) in [5, 5.41) is 15.2. The van der Waals surface area contributed by atoms with Gasteiger partial charge in [0.15, 0.2) is 5.69 Å². The highest BCUT2D eigenvalue weighted by Crippen LogP contribution is 2.35. The smallest absolute Gasteiger partial charge is 0.214 e. The molecule has 0 fully saturated rings. The first-order chi connectivity index (χ1) is 11.0. The molecular weight excluding hydrogens is 308 g/mol. The van der Waals surface area contributed by atoms with Gasteiger partial charge in [-0.3, -0.25) is 0 Å². The van der Waals surface area contributed by atoms with Crippen molar-refractivity contribution in [1.82, 2.24) is 14.6 Å². The Morgan fingerprint density at radius 1 is 1.30 bits per heavy atom. The third kappa shape index (κ3) is 2.68. The van der Waals surface area contributed by atoms with E-state index in [1.165, 1.54) is 11.3 Å². The molecular formula is C17H18N4OS. The van der Waals surface area contributed by atoms with Gasteiger partial charge in [0.05, 0.1) is 6.61 Å². The van der Waals surface area contributed by atoms with Crippen molar-refractivity contribution in [3.63, 3.8) is 0 Å². The summed E-state index contributed by atoms with van der Waals surface area (Å²) in [6.45, 7) is 8.80. The third-order valence-electron chi connectivity index (χ3n) is 3.39. The molecule has 2 heterocycles. The van der Waals surface area contributed by atoms with Crippen LogP contribution in [0.4, 0.5) is 0 Å². The van der Waals surface area contributed by atoms with Gasteiger partial charge in [-0.15, -0.1) is 0 Å². The Bertz CT molecular complexity index is 896. The molecule has 6 heteroatoms. The lowest BCUT2D eigenvalue weighted by Crippen LogP contribution is -2.11. The van der Waals surface area contributed by atoms with E-state index in [9.17, 15) is 5.26 Å². The van der Waals surface area contributed by atoms with Crippen LogP contribution in [0.2, 0.25) is 0 Å². The molecule has 0 saturated carbocycles. The molecule has 2 aromatic heterocycles. The predicted molar refractivity (Wildman–Crippen MR) is 90.9 cm³/mol. The number of ether oxygens (including phenoxy) is 1. The second-order valence-corrected chi connectivity index (χ2v) is 7.16. The number of imidazole rings is 1. The van der Waals surface area contributed by atoms with Crippen LogP contribution in [0, 0.1) is 11.3 Å². The molecule has 0 aliphatic heterocycles. The van der Waals surface area contributed by atoms with E-state index in [1.54, 1.807) is 4.52 Å². The predicted octanol–water partition coefficient (Wildman–Crippen LogP) is 4.03. The molecule has 5 nitrogen and oxygen atoms in total. The van der Waals surface area contributed by atoms with E-state index in [0.717, 1.165) is 21.3 Å². The van der Waals surface area contributed by atoms with Crippen LogP contribution >= 0.6 is 11.3 Å². The summed E-state index contributed by atoms with van der Waals surface area (Å²) in [5.41, 5.74) is 1.82. The average Bonchev–Trinajstić information content (AvgIpc) is 3.05. The zero-order valence-corrected chi connectivity index (χ0v) is 14.4. The molecule has 0 amide bonds. The SMILES string of the molecule is CCOc1ccccc1-c1nc2sc(C(C)(C)C)nn2c1C#N. The molecule has 1 aromatic carbocycles. The van der Waals surface area contributed by atoms with Gasteiger partial charge < -0.3 is 4.74 Å². The molecule has 23 heavy (non-hydrogen) atoms. The van der Waals surface area contributed by atoms with Crippen molar-refractivity contribution >= 4 is 16.3 Å². The molecule has 0 unspecified atom stereocenters. The van der Waals surface area contributed by atoms with E-state index in [4.69, 9.17) is 4.74 Å². The number of rotatable bonds is 3. The number of hydrogen-bond acceptors (Lipinski definition) is 5. The fourth-order valence-electron chi connectivity index (χ4n) is 2.28. The van der Waals surface area contributed by atoms with Crippen molar-refractivity contribution in [3.8, 4) is 23.1 Å². The molecule has 0 saturated heterocycles. The van der Waals surface area contributed by atoms with Crippen LogP contribution in [0.5, 0.6) is 5.75 Å². The number of nitrogens with zero attached hydrogens (tertiary/aromatic N) is 4. The zero-order chi connectivity index (χ0) is 16.6. The van der Waals surface area contributed by atoms with Gasteiger partial charge in [-0.05, 0) is 19.1 Å². The van der Waals surface area contributed by atoms with Crippen LogP contribution < -0.4 is 4.74 Å². The second kappa shape index (κ2) is 5.67. The molecule has 0 radical (unpaired) electrons. The highest BCUT2D eigenvalue weighted by atomic mass is 32.1. The molecule has 3 aromatic rings. The minimum Gasteiger partial charge on any atom is -0.493 e. The Balaban J connectivity index is 2.20. The Morgan fingerprint density at radius 2 is 2.04 bits per heavy atom. The monoisotopic (exact) mass is 326 g/mol. The molecule has 0 aliphatic carbocycles. The fourth-order valence-corrected chi connectivity index (χ4v) is 3.24. The van der Waals surface area contributed by atoms with Crippen molar-refractivity contribution in [2.45, 2.75) is 33.1 Å². The summed E-state index contributed by atoms with van der Waals surface area (Å²) in [5.74, 6) is 0.730. The number of para-hydroxylation sites is 1. The lowest BCUT2D eigenvalue weighted by atomic mass is 9.98. The van der Waals surface area contributed by atoms with Gasteiger partial charge in [0.2, 0.25) is 4.96 Å². The second-order valence-electron chi connectivity index (χ2n) is 6.20. The number of fused-ring (bicyclic) bond motifs is 1. The number of benzene rings is 1. The fraction of sp³-hybridized carbons (Fsp3) is 0.353. The molecule has 0 bridgehead atoms. The first-order valence-corrected chi connectivity index (χ1v) is 8.29. The summed E-state index contributed by atoms with van der Waals surface area (Å²) in [4.78, 5) is 5.38. The summed E-state index contributed by atoms with van der Waals surface area (Å²) >= 11 is 1.52. The summed E-state index contributed by atoms with van der Waals surface area (Å²) in [6.07, 6.45) is 0. The number of aromatic nitrogens is 3. The van der Waals surface area contributed by atoms with Crippen LogP contribution in [-0.2, 0) is 5.41 Å². The number of nitriles is 1. The van der Waals surface area contributed by atoms with Crippen LogP contribution in [0.15, 0.2) is 24.3 Å². The van der Waals surface area contributed by atoms with Gasteiger partial charge in [0, 0.05) is 11.0 Å². The largest absolute Gasteiger partial charge is 0.493 e. The first-order valence-electron chi connectivity index (χ1n) is 7.48. The Kier molecular flexibility index (Phi) is 3.82.